The number of benzene rings is 1. The largest absolute Gasteiger partial charge is 0.488 e. The van der Waals surface area contributed by atoms with Gasteiger partial charge >= 0.3 is 13.1 Å². The average Bonchev–Trinajstić information content (AvgIpc) is 2.25. The summed E-state index contributed by atoms with van der Waals surface area (Å²) in [7, 11) is -0.225. The molecule has 1 rings (SSSR count). The Labute approximate surface area is 93.8 Å². The molecule has 0 amide bonds. The van der Waals surface area contributed by atoms with Gasteiger partial charge in [-0.15, -0.1) is 0 Å². The molecule has 0 atom stereocenters. The number of rotatable bonds is 4. The molecule has 0 fully saturated rings. The highest BCUT2D eigenvalue weighted by atomic mass is 16.6. The molecular formula is C10H13BO5. The van der Waals surface area contributed by atoms with Crippen molar-refractivity contribution in [3.05, 3.63) is 23.8 Å². The molecule has 2 N–H and O–H groups in total. The van der Waals surface area contributed by atoms with Crippen LogP contribution >= 0.6 is 0 Å². The van der Waals surface area contributed by atoms with Crippen molar-refractivity contribution in [2.24, 2.45) is 0 Å². The van der Waals surface area contributed by atoms with Crippen LogP contribution in [0.15, 0.2) is 18.2 Å². The lowest BCUT2D eigenvalue weighted by atomic mass is 9.77. The number of aryl methyl sites for hydroxylation is 1. The minimum Gasteiger partial charge on any atom is -0.482 e. The van der Waals surface area contributed by atoms with Gasteiger partial charge in [0, 0.05) is 0 Å². The van der Waals surface area contributed by atoms with E-state index in [1.54, 1.807) is 19.1 Å². The minimum atomic E-state index is -1.50. The number of carbonyl (C=O) groups excluding carboxylic acids is 1. The fraction of sp³-hybridized carbons (Fsp3) is 0.300. The normalized spacial score (nSPS) is 9.75. The van der Waals surface area contributed by atoms with Gasteiger partial charge in [0.25, 0.3) is 0 Å². The van der Waals surface area contributed by atoms with Gasteiger partial charge in [0.1, 0.15) is 5.75 Å². The van der Waals surface area contributed by atoms with Gasteiger partial charge in [-0.1, -0.05) is 6.07 Å². The van der Waals surface area contributed by atoms with Gasteiger partial charge in [-0.2, -0.15) is 0 Å². The van der Waals surface area contributed by atoms with E-state index in [9.17, 15) is 4.79 Å². The van der Waals surface area contributed by atoms with Crippen LogP contribution in [0.2, 0.25) is 0 Å². The molecule has 0 heterocycles. The van der Waals surface area contributed by atoms with E-state index >= 15 is 0 Å². The number of methoxy groups -OCH3 is 1. The second-order valence-corrected chi connectivity index (χ2v) is 3.26. The summed E-state index contributed by atoms with van der Waals surface area (Å²) in [6, 6.07) is 4.72. The van der Waals surface area contributed by atoms with Gasteiger partial charge in [0.05, 0.1) is 7.11 Å². The first kappa shape index (κ1) is 12.5. The zero-order chi connectivity index (χ0) is 12.1. The van der Waals surface area contributed by atoms with Crippen molar-refractivity contribution in [3.63, 3.8) is 0 Å². The minimum absolute atomic E-state index is 0.170. The molecule has 16 heavy (non-hydrogen) atoms. The second kappa shape index (κ2) is 5.53. The zero-order valence-electron chi connectivity index (χ0n) is 9.14. The molecule has 6 heteroatoms. The maximum atomic E-state index is 10.8. The Morgan fingerprint density at radius 3 is 2.62 bits per heavy atom. The van der Waals surface area contributed by atoms with E-state index in [2.05, 4.69) is 4.74 Å². The van der Waals surface area contributed by atoms with Crippen molar-refractivity contribution in [2.75, 3.05) is 13.7 Å². The molecule has 0 radical (unpaired) electrons. The fourth-order valence-corrected chi connectivity index (χ4v) is 1.23. The van der Waals surface area contributed by atoms with Gasteiger partial charge in [-0.25, -0.2) is 4.79 Å². The Morgan fingerprint density at radius 2 is 2.12 bits per heavy atom. The van der Waals surface area contributed by atoms with E-state index in [1.807, 2.05) is 0 Å². The summed E-state index contributed by atoms with van der Waals surface area (Å²) >= 11 is 0. The van der Waals surface area contributed by atoms with Crippen molar-refractivity contribution in [3.8, 4) is 5.75 Å². The molecule has 0 bridgehead atoms. The Bertz CT molecular complexity index is 377. The van der Waals surface area contributed by atoms with Crippen molar-refractivity contribution >= 4 is 18.6 Å². The number of carbonyl (C=O) groups is 1. The predicted octanol–water partition coefficient (Wildman–Crippen LogP) is -0.773. The van der Waals surface area contributed by atoms with Crippen LogP contribution in [0.25, 0.3) is 0 Å². The predicted molar refractivity (Wildman–Crippen MR) is 58.5 cm³/mol. The summed E-state index contributed by atoms with van der Waals surface area (Å²) < 4.78 is 9.56. The van der Waals surface area contributed by atoms with Crippen LogP contribution in [0.1, 0.15) is 5.56 Å². The van der Waals surface area contributed by atoms with Crippen LogP contribution in [0.3, 0.4) is 0 Å². The molecule has 0 saturated carbocycles. The molecule has 0 aromatic heterocycles. The molecule has 86 valence electrons. The van der Waals surface area contributed by atoms with E-state index < -0.39 is 13.1 Å². The highest BCUT2D eigenvalue weighted by Gasteiger charge is 2.14. The summed E-state index contributed by atoms with van der Waals surface area (Å²) in [5.74, 6) is 0.0104. The molecule has 1 aromatic carbocycles. The van der Waals surface area contributed by atoms with E-state index in [0.717, 1.165) is 0 Å². The summed E-state index contributed by atoms with van der Waals surface area (Å²) in [5.41, 5.74) is 1.09. The van der Waals surface area contributed by atoms with Crippen LogP contribution in [0.4, 0.5) is 0 Å². The highest BCUT2D eigenvalue weighted by Crippen LogP contribution is 2.11. The lowest BCUT2D eigenvalue weighted by Gasteiger charge is -2.08. The van der Waals surface area contributed by atoms with Crippen molar-refractivity contribution < 1.29 is 24.3 Å². The van der Waals surface area contributed by atoms with E-state index in [-0.39, 0.29) is 6.61 Å². The number of hydrogen-bond acceptors (Lipinski definition) is 5. The lowest BCUT2D eigenvalue weighted by Crippen LogP contribution is -2.31. The number of ether oxygens (including phenoxy) is 2. The molecule has 0 aliphatic rings. The average molecular weight is 224 g/mol. The van der Waals surface area contributed by atoms with E-state index in [0.29, 0.717) is 16.8 Å². The highest BCUT2D eigenvalue weighted by molar-refractivity contribution is 6.59. The number of esters is 1. The van der Waals surface area contributed by atoms with Crippen molar-refractivity contribution in [1.82, 2.24) is 0 Å². The van der Waals surface area contributed by atoms with Crippen molar-refractivity contribution in [2.45, 2.75) is 6.92 Å². The van der Waals surface area contributed by atoms with E-state index in [1.165, 1.54) is 13.2 Å². The SMILES string of the molecule is COC(=O)COc1ccc(B(O)O)c(C)c1. The molecular weight excluding hydrogens is 211 g/mol. The monoisotopic (exact) mass is 224 g/mol. The Balaban J connectivity index is 2.70. The summed E-state index contributed by atoms with van der Waals surface area (Å²) in [6.45, 7) is 1.55. The quantitative estimate of drug-likeness (QED) is 0.518. The van der Waals surface area contributed by atoms with Gasteiger partial charge in [-0.3, -0.25) is 0 Å². The van der Waals surface area contributed by atoms with Gasteiger partial charge in [-0.05, 0) is 30.1 Å². The smallest absolute Gasteiger partial charge is 0.482 e. The van der Waals surface area contributed by atoms with Crippen LogP contribution in [-0.4, -0.2) is 36.9 Å². The molecule has 0 saturated heterocycles. The van der Waals surface area contributed by atoms with Crippen LogP contribution in [-0.2, 0) is 9.53 Å². The molecule has 0 aliphatic carbocycles. The maximum absolute atomic E-state index is 10.8. The van der Waals surface area contributed by atoms with E-state index in [4.69, 9.17) is 14.8 Å². The first-order chi connectivity index (χ1) is 7.54. The Hall–Kier alpha value is -1.53. The van der Waals surface area contributed by atoms with Crippen LogP contribution < -0.4 is 10.2 Å². The summed E-state index contributed by atoms with van der Waals surface area (Å²) in [6.07, 6.45) is 0. The topological polar surface area (TPSA) is 76.0 Å². The number of hydrogen-bond donors (Lipinski definition) is 2. The first-order valence-electron chi connectivity index (χ1n) is 4.71. The van der Waals surface area contributed by atoms with Gasteiger partial charge < -0.3 is 19.5 Å². The molecule has 0 unspecified atom stereocenters. The third-order valence-electron chi connectivity index (χ3n) is 2.10. The molecule has 0 aliphatic heterocycles. The lowest BCUT2D eigenvalue weighted by molar-refractivity contribution is -0.142. The molecule has 5 nitrogen and oxygen atoms in total. The van der Waals surface area contributed by atoms with Crippen molar-refractivity contribution in [1.29, 1.82) is 0 Å². The van der Waals surface area contributed by atoms with Crippen LogP contribution in [0.5, 0.6) is 5.75 Å². The Kier molecular flexibility index (Phi) is 4.33. The molecule has 0 spiro atoms. The van der Waals surface area contributed by atoms with Crippen LogP contribution in [0, 0.1) is 6.92 Å². The third-order valence-corrected chi connectivity index (χ3v) is 2.10. The van der Waals surface area contributed by atoms with Gasteiger partial charge in [0.15, 0.2) is 6.61 Å². The maximum Gasteiger partial charge on any atom is 0.488 e. The fourth-order valence-electron chi connectivity index (χ4n) is 1.23. The standard InChI is InChI=1S/C10H13BO5/c1-7-5-8(16-6-10(12)15-2)3-4-9(7)11(13)14/h3-5,13-14H,6H2,1-2H3. The third kappa shape index (κ3) is 3.25. The van der Waals surface area contributed by atoms with Gasteiger partial charge in [0.2, 0.25) is 0 Å². The Morgan fingerprint density at radius 1 is 1.44 bits per heavy atom. The summed E-state index contributed by atoms with van der Waals surface area (Å²) in [4.78, 5) is 10.8. The first-order valence-corrected chi connectivity index (χ1v) is 4.71. The summed E-state index contributed by atoms with van der Waals surface area (Å²) in [5, 5.41) is 18.0. The molecule has 1 aromatic rings. The second-order valence-electron chi connectivity index (χ2n) is 3.26. The zero-order valence-corrected chi connectivity index (χ0v) is 9.14.